The van der Waals surface area contributed by atoms with Crippen molar-refractivity contribution in [3.05, 3.63) is 40.5 Å². The second-order valence-corrected chi connectivity index (χ2v) is 5.42. The molecule has 0 bridgehead atoms. The van der Waals surface area contributed by atoms with Gasteiger partial charge in [0.15, 0.2) is 5.82 Å². The fourth-order valence-corrected chi connectivity index (χ4v) is 2.67. The van der Waals surface area contributed by atoms with Gasteiger partial charge in [0, 0.05) is 36.8 Å². The van der Waals surface area contributed by atoms with Crippen LogP contribution >= 0.6 is 11.3 Å². The lowest BCUT2D eigenvalue weighted by Gasteiger charge is -2.26. The molecule has 0 aliphatic rings. The molecule has 1 unspecified atom stereocenters. The third kappa shape index (κ3) is 3.08. The number of nitrogens with one attached hydrogen (secondary N) is 1. The van der Waals surface area contributed by atoms with E-state index in [4.69, 9.17) is 11.1 Å². The van der Waals surface area contributed by atoms with E-state index >= 15 is 0 Å². The molecule has 0 saturated carbocycles. The van der Waals surface area contributed by atoms with Crippen LogP contribution in [-0.4, -0.2) is 28.9 Å². The van der Waals surface area contributed by atoms with Crippen molar-refractivity contribution in [1.82, 2.24) is 9.97 Å². The van der Waals surface area contributed by atoms with Crippen LogP contribution in [0.3, 0.4) is 0 Å². The lowest BCUT2D eigenvalue weighted by atomic mass is 10.2. The van der Waals surface area contributed by atoms with Crippen LogP contribution in [0, 0.1) is 5.41 Å². The first-order valence-corrected chi connectivity index (χ1v) is 6.88. The first-order valence-electron chi connectivity index (χ1n) is 6.00. The van der Waals surface area contributed by atoms with Gasteiger partial charge in [0.2, 0.25) is 0 Å². The van der Waals surface area contributed by atoms with Gasteiger partial charge < -0.3 is 10.6 Å². The van der Waals surface area contributed by atoms with E-state index in [-0.39, 0.29) is 11.9 Å². The normalized spacial score (nSPS) is 12.1. The van der Waals surface area contributed by atoms with Crippen molar-refractivity contribution in [1.29, 1.82) is 5.41 Å². The van der Waals surface area contributed by atoms with Crippen molar-refractivity contribution in [2.45, 2.75) is 19.4 Å². The summed E-state index contributed by atoms with van der Waals surface area (Å²) in [6.45, 7) is 2.12. The predicted octanol–water partition coefficient (Wildman–Crippen LogP) is 1.89. The van der Waals surface area contributed by atoms with Gasteiger partial charge in [0.25, 0.3) is 0 Å². The van der Waals surface area contributed by atoms with Crippen LogP contribution in [0.15, 0.2) is 29.9 Å². The second kappa shape index (κ2) is 5.79. The fraction of sp³-hybridized carbons (Fsp3) is 0.308. The van der Waals surface area contributed by atoms with E-state index in [1.165, 1.54) is 4.88 Å². The SMILES string of the molecule is CC(Cc1cccs1)N(C)c1nccnc1C(=N)N. The maximum atomic E-state index is 7.56. The molecule has 0 radical (unpaired) electrons. The Morgan fingerprint density at radius 2 is 2.21 bits per heavy atom. The average molecular weight is 275 g/mol. The number of nitrogens with zero attached hydrogens (tertiary/aromatic N) is 3. The number of likely N-dealkylation sites (N-methyl/N-ethyl adjacent to an activating group) is 1. The quantitative estimate of drug-likeness (QED) is 0.645. The minimum Gasteiger partial charge on any atom is -0.382 e. The molecule has 2 aromatic rings. The average Bonchev–Trinajstić information content (AvgIpc) is 2.90. The maximum absolute atomic E-state index is 7.56. The van der Waals surface area contributed by atoms with Crippen molar-refractivity contribution in [2.75, 3.05) is 11.9 Å². The minimum absolute atomic E-state index is 0.0572. The highest BCUT2D eigenvalue weighted by atomic mass is 32.1. The van der Waals surface area contributed by atoms with Gasteiger partial charge in [-0.05, 0) is 18.4 Å². The van der Waals surface area contributed by atoms with Gasteiger partial charge >= 0.3 is 0 Å². The zero-order chi connectivity index (χ0) is 13.8. The summed E-state index contributed by atoms with van der Waals surface area (Å²) in [7, 11) is 1.95. The van der Waals surface area contributed by atoms with Gasteiger partial charge in [0.05, 0.1) is 0 Å². The van der Waals surface area contributed by atoms with Gasteiger partial charge in [-0.3, -0.25) is 5.41 Å². The Labute approximate surface area is 116 Å². The molecule has 0 spiro atoms. The van der Waals surface area contributed by atoms with Gasteiger partial charge in [-0.25, -0.2) is 9.97 Å². The highest BCUT2D eigenvalue weighted by Crippen LogP contribution is 2.19. The summed E-state index contributed by atoms with van der Waals surface area (Å²) in [5.41, 5.74) is 5.98. The number of anilines is 1. The molecule has 2 aromatic heterocycles. The summed E-state index contributed by atoms with van der Waals surface area (Å²) in [6.07, 6.45) is 4.11. The Bertz CT molecular complexity index is 552. The molecule has 1 atom stereocenters. The lowest BCUT2D eigenvalue weighted by Crippen LogP contribution is -2.33. The van der Waals surface area contributed by atoms with E-state index in [2.05, 4.69) is 34.4 Å². The summed E-state index contributed by atoms with van der Waals surface area (Å²) in [6, 6.07) is 4.43. The molecule has 0 aromatic carbocycles. The number of amidine groups is 1. The van der Waals surface area contributed by atoms with Crippen LogP contribution < -0.4 is 10.6 Å². The first kappa shape index (κ1) is 13.5. The Hall–Kier alpha value is -1.95. The zero-order valence-corrected chi connectivity index (χ0v) is 11.8. The first-order chi connectivity index (χ1) is 9.09. The summed E-state index contributed by atoms with van der Waals surface area (Å²) in [4.78, 5) is 11.8. The Morgan fingerprint density at radius 3 is 2.84 bits per heavy atom. The smallest absolute Gasteiger partial charge is 0.158 e. The summed E-state index contributed by atoms with van der Waals surface area (Å²) >= 11 is 1.74. The third-order valence-electron chi connectivity index (χ3n) is 3.01. The van der Waals surface area contributed by atoms with Crippen LogP contribution in [0.1, 0.15) is 17.5 Å². The molecule has 0 aliphatic heterocycles. The van der Waals surface area contributed by atoms with E-state index in [1.54, 1.807) is 23.7 Å². The molecule has 100 valence electrons. The second-order valence-electron chi connectivity index (χ2n) is 4.39. The Kier molecular flexibility index (Phi) is 4.11. The van der Waals surface area contributed by atoms with Crippen molar-refractivity contribution in [2.24, 2.45) is 5.73 Å². The summed E-state index contributed by atoms with van der Waals surface area (Å²) < 4.78 is 0. The number of rotatable bonds is 5. The largest absolute Gasteiger partial charge is 0.382 e. The van der Waals surface area contributed by atoms with Crippen LogP contribution in [0.5, 0.6) is 0 Å². The highest BCUT2D eigenvalue weighted by molar-refractivity contribution is 7.09. The van der Waals surface area contributed by atoms with Gasteiger partial charge in [-0.15, -0.1) is 11.3 Å². The van der Waals surface area contributed by atoms with Crippen molar-refractivity contribution >= 4 is 23.0 Å². The number of aromatic nitrogens is 2. The highest BCUT2D eigenvalue weighted by Gasteiger charge is 2.17. The number of nitrogen functional groups attached to an aromatic ring is 1. The van der Waals surface area contributed by atoms with E-state index in [0.29, 0.717) is 11.5 Å². The summed E-state index contributed by atoms with van der Waals surface area (Å²) in [5, 5.41) is 9.63. The third-order valence-corrected chi connectivity index (χ3v) is 3.90. The zero-order valence-electron chi connectivity index (χ0n) is 11.0. The van der Waals surface area contributed by atoms with Crippen LogP contribution in [0.4, 0.5) is 5.82 Å². The van der Waals surface area contributed by atoms with Crippen molar-refractivity contribution in [3.8, 4) is 0 Å². The van der Waals surface area contributed by atoms with Crippen LogP contribution in [0.25, 0.3) is 0 Å². The molecule has 19 heavy (non-hydrogen) atoms. The topological polar surface area (TPSA) is 78.9 Å². The van der Waals surface area contributed by atoms with Crippen molar-refractivity contribution < 1.29 is 0 Å². The molecule has 2 rings (SSSR count). The molecular weight excluding hydrogens is 258 g/mol. The van der Waals surface area contributed by atoms with Gasteiger partial charge in [0.1, 0.15) is 11.5 Å². The molecule has 0 fully saturated rings. The Morgan fingerprint density at radius 1 is 1.47 bits per heavy atom. The number of hydrogen-bond acceptors (Lipinski definition) is 5. The van der Waals surface area contributed by atoms with Gasteiger partial charge in [-0.1, -0.05) is 6.07 Å². The van der Waals surface area contributed by atoms with Crippen LogP contribution in [-0.2, 0) is 6.42 Å². The lowest BCUT2D eigenvalue weighted by molar-refractivity contribution is 0.678. The van der Waals surface area contributed by atoms with Crippen molar-refractivity contribution in [3.63, 3.8) is 0 Å². The fourth-order valence-electron chi connectivity index (χ4n) is 1.84. The molecule has 2 heterocycles. The minimum atomic E-state index is -0.0572. The predicted molar refractivity (Wildman–Crippen MR) is 78.9 cm³/mol. The van der Waals surface area contributed by atoms with E-state index in [1.807, 2.05) is 11.9 Å². The number of thiophene rings is 1. The standard InChI is InChI=1S/C13H17N5S/c1-9(8-10-4-3-7-19-10)18(2)13-11(12(14)15)16-5-6-17-13/h3-7,9H,8H2,1-2H3,(H3,14,15). The monoisotopic (exact) mass is 275 g/mol. The van der Waals surface area contributed by atoms with Gasteiger partial charge in [-0.2, -0.15) is 0 Å². The molecule has 5 nitrogen and oxygen atoms in total. The molecule has 0 amide bonds. The van der Waals surface area contributed by atoms with E-state index in [0.717, 1.165) is 6.42 Å². The molecular formula is C13H17N5S. The van der Waals surface area contributed by atoms with Crippen LogP contribution in [0.2, 0.25) is 0 Å². The molecule has 6 heteroatoms. The summed E-state index contributed by atoms with van der Waals surface area (Å²) in [5.74, 6) is 0.595. The van der Waals surface area contributed by atoms with E-state index < -0.39 is 0 Å². The molecule has 0 saturated heterocycles. The van der Waals surface area contributed by atoms with E-state index in [9.17, 15) is 0 Å². The molecule has 0 aliphatic carbocycles. The Balaban J connectivity index is 2.19. The number of nitrogens with two attached hydrogens (primary N) is 1. The maximum Gasteiger partial charge on any atom is 0.158 e. The number of hydrogen-bond donors (Lipinski definition) is 2. The molecule has 3 N–H and O–H groups in total.